The number of fused-ring (bicyclic) bond motifs is 1. The van der Waals surface area contributed by atoms with Gasteiger partial charge in [0, 0.05) is 19.0 Å². The second-order valence-electron chi connectivity index (χ2n) is 6.44. The Morgan fingerprint density at radius 1 is 1.26 bits per heavy atom. The third-order valence-corrected chi connectivity index (χ3v) is 3.86. The van der Waals surface area contributed by atoms with Crippen LogP contribution in [0.5, 0.6) is 0 Å². The monoisotopic (exact) mass is 318 g/mol. The quantitative estimate of drug-likeness (QED) is 0.595. The maximum atomic E-state index is 12.0. The van der Waals surface area contributed by atoms with Crippen molar-refractivity contribution in [2.24, 2.45) is 11.7 Å². The van der Waals surface area contributed by atoms with Gasteiger partial charge in [-0.2, -0.15) is 0 Å². The summed E-state index contributed by atoms with van der Waals surface area (Å²) < 4.78 is 0. The Morgan fingerprint density at radius 2 is 2.00 bits per heavy atom. The first kappa shape index (κ1) is 17.3. The molecular formula is C17H26N4O2. The maximum absolute atomic E-state index is 12.0. The molecule has 6 nitrogen and oxygen atoms in total. The van der Waals surface area contributed by atoms with Crippen molar-refractivity contribution in [2.45, 2.75) is 45.6 Å². The van der Waals surface area contributed by atoms with Gasteiger partial charge in [-0.25, -0.2) is 4.79 Å². The van der Waals surface area contributed by atoms with E-state index in [0.29, 0.717) is 18.9 Å². The van der Waals surface area contributed by atoms with E-state index in [-0.39, 0.29) is 17.6 Å². The van der Waals surface area contributed by atoms with E-state index in [9.17, 15) is 9.59 Å². The molecule has 5 N–H and O–H groups in total. The first-order valence-corrected chi connectivity index (χ1v) is 8.18. The van der Waals surface area contributed by atoms with Crippen molar-refractivity contribution < 1.29 is 4.79 Å². The Bertz CT molecular complexity index is 702. The fourth-order valence-electron chi connectivity index (χ4n) is 2.77. The van der Waals surface area contributed by atoms with Crippen molar-refractivity contribution in [3.8, 4) is 0 Å². The van der Waals surface area contributed by atoms with E-state index in [1.165, 1.54) is 0 Å². The number of aromatic amines is 2. The van der Waals surface area contributed by atoms with E-state index in [4.69, 9.17) is 5.73 Å². The van der Waals surface area contributed by atoms with Gasteiger partial charge in [0.15, 0.2) is 0 Å². The third kappa shape index (κ3) is 5.25. The lowest BCUT2D eigenvalue weighted by molar-refractivity contribution is -0.121. The average molecular weight is 318 g/mol. The van der Waals surface area contributed by atoms with Crippen LogP contribution < -0.4 is 16.7 Å². The van der Waals surface area contributed by atoms with Crippen molar-refractivity contribution in [1.29, 1.82) is 0 Å². The Labute approximate surface area is 135 Å². The highest BCUT2D eigenvalue weighted by molar-refractivity contribution is 5.76. The number of nitrogens with one attached hydrogen (secondary N) is 3. The number of amides is 1. The molecule has 1 unspecified atom stereocenters. The lowest BCUT2D eigenvalue weighted by Gasteiger charge is -2.18. The number of nitrogens with two attached hydrogens (primary N) is 1. The summed E-state index contributed by atoms with van der Waals surface area (Å²) >= 11 is 0. The van der Waals surface area contributed by atoms with Crippen LogP contribution in [0, 0.1) is 5.92 Å². The van der Waals surface area contributed by atoms with Crippen LogP contribution >= 0.6 is 0 Å². The molecule has 0 radical (unpaired) electrons. The molecule has 23 heavy (non-hydrogen) atoms. The Balaban J connectivity index is 1.80. The molecule has 1 amide bonds. The molecular weight excluding hydrogens is 292 g/mol. The Morgan fingerprint density at radius 3 is 2.70 bits per heavy atom. The smallest absolute Gasteiger partial charge is 0.323 e. The van der Waals surface area contributed by atoms with Crippen LogP contribution in [-0.4, -0.2) is 28.5 Å². The average Bonchev–Trinajstić information content (AvgIpc) is 2.85. The summed E-state index contributed by atoms with van der Waals surface area (Å²) in [4.78, 5) is 28.7. The molecule has 0 spiro atoms. The summed E-state index contributed by atoms with van der Waals surface area (Å²) in [5.41, 5.74) is 8.21. The molecule has 0 aliphatic heterocycles. The molecule has 0 aliphatic carbocycles. The second-order valence-corrected chi connectivity index (χ2v) is 6.44. The number of rotatable bonds is 8. The number of imidazole rings is 1. The van der Waals surface area contributed by atoms with Gasteiger partial charge in [0.2, 0.25) is 5.91 Å². The summed E-state index contributed by atoms with van der Waals surface area (Å²) in [6.07, 6.45) is 2.95. The molecule has 2 rings (SSSR count). The number of aryl methyl sites for hydroxylation is 1. The van der Waals surface area contributed by atoms with E-state index in [2.05, 4.69) is 29.1 Å². The SMILES string of the molecule is CC(C)CC(CN)NC(=O)CCCc1ccc2[nH]c(=O)[nH]c2c1. The van der Waals surface area contributed by atoms with Gasteiger partial charge in [0.1, 0.15) is 0 Å². The van der Waals surface area contributed by atoms with Crippen LogP contribution in [0.4, 0.5) is 0 Å². The van der Waals surface area contributed by atoms with Crippen molar-refractivity contribution in [1.82, 2.24) is 15.3 Å². The van der Waals surface area contributed by atoms with Gasteiger partial charge in [0.25, 0.3) is 0 Å². The number of benzene rings is 1. The van der Waals surface area contributed by atoms with Gasteiger partial charge in [0.05, 0.1) is 11.0 Å². The lowest BCUT2D eigenvalue weighted by Crippen LogP contribution is -2.40. The van der Waals surface area contributed by atoms with Crippen LogP contribution in [0.3, 0.4) is 0 Å². The third-order valence-electron chi connectivity index (χ3n) is 3.86. The number of hydrogen-bond donors (Lipinski definition) is 4. The summed E-state index contributed by atoms with van der Waals surface area (Å²) in [5, 5.41) is 3.00. The van der Waals surface area contributed by atoms with E-state index in [1.807, 2.05) is 18.2 Å². The minimum atomic E-state index is -0.200. The van der Waals surface area contributed by atoms with E-state index >= 15 is 0 Å². The molecule has 0 saturated carbocycles. The van der Waals surface area contributed by atoms with Crippen molar-refractivity contribution >= 4 is 16.9 Å². The van der Waals surface area contributed by atoms with Crippen LogP contribution in [0.15, 0.2) is 23.0 Å². The van der Waals surface area contributed by atoms with E-state index in [1.54, 1.807) is 0 Å². The molecule has 0 aliphatic rings. The summed E-state index contributed by atoms with van der Waals surface area (Å²) in [6, 6.07) is 5.87. The zero-order valence-corrected chi connectivity index (χ0v) is 13.8. The van der Waals surface area contributed by atoms with Crippen molar-refractivity contribution in [3.63, 3.8) is 0 Å². The fourth-order valence-corrected chi connectivity index (χ4v) is 2.77. The van der Waals surface area contributed by atoms with Gasteiger partial charge in [-0.3, -0.25) is 4.79 Å². The van der Waals surface area contributed by atoms with E-state index in [0.717, 1.165) is 35.9 Å². The molecule has 0 bridgehead atoms. The predicted octanol–water partition coefficient (Wildman–Crippen LogP) is 1.67. The number of hydrogen-bond acceptors (Lipinski definition) is 3. The lowest BCUT2D eigenvalue weighted by atomic mass is 10.0. The van der Waals surface area contributed by atoms with E-state index < -0.39 is 0 Å². The molecule has 2 aromatic rings. The highest BCUT2D eigenvalue weighted by Crippen LogP contribution is 2.12. The molecule has 1 atom stereocenters. The first-order chi connectivity index (χ1) is 11.0. The van der Waals surface area contributed by atoms with Gasteiger partial charge in [-0.05, 0) is 42.9 Å². The molecule has 0 fully saturated rings. The standard InChI is InChI=1S/C17H26N4O2/c1-11(2)8-13(10-18)19-16(22)5-3-4-12-6-7-14-15(9-12)21-17(23)20-14/h6-7,9,11,13H,3-5,8,10,18H2,1-2H3,(H,19,22)(H2,20,21,23). The zero-order chi connectivity index (χ0) is 16.8. The largest absolute Gasteiger partial charge is 0.352 e. The number of carbonyl (C=O) groups is 1. The zero-order valence-electron chi connectivity index (χ0n) is 13.8. The molecule has 1 aromatic heterocycles. The first-order valence-electron chi connectivity index (χ1n) is 8.18. The number of H-pyrrole nitrogens is 2. The van der Waals surface area contributed by atoms with Crippen LogP contribution in [-0.2, 0) is 11.2 Å². The normalized spacial score (nSPS) is 12.7. The minimum absolute atomic E-state index is 0.0530. The molecule has 1 aromatic carbocycles. The van der Waals surface area contributed by atoms with Crippen molar-refractivity contribution in [3.05, 3.63) is 34.2 Å². The molecule has 6 heteroatoms. The van der Waals surface area contributed by atoms with Crippen molar-refractivity contribution in [2.75, 3.05) is 6.54 Å². The van der Waals surface area contributed by atoms with Gasteiger partial charge < -0.3 is 21.0 Å². The number of carbonyl (C=O) groups excluding carboxylic acids is 1. The maximum Gasteiger partial charge on any atom is 0.323 e. The second kappa shape index (κ2) is 7.97. The van der Waals surface area contributed by atoms with Crippen LogP contribution in [0.2, 0.25) is 0 Å². The minimum Gasteiger partial charge on any atom is -0.352 e. The highest BCUT2D eigenvalue weighted by Gasteiger charge is 2.12. The molecule has 1 heterocycles. The fraction of sp³-hybridized carbons (Fsp3) is 0.529. The highest BCUT2D eigenvalue weighted by atomic mass is 16.1. The van der Waals surface area contributed by atoms with Crippen LogP contribution in [0.25, 0.3) is 11.0 Å². The van der Waals surface area contributed by atoms with Crippen LogP contribution in [0.1, 0.15) is 38.7 Å². The summed E-state index contributed by atoms with van der Waals surface area (Å²) in [6.45, 7) is 4.72. The summed E-state index contributed by atoms with van der Waals surface area (Å²) in [5.74, 6) is 0.566. The van der Waals surface area contributed by atoms with Gasteiger partial charge in [-0.15, -0.1) is 0 Å². The molecule has 126 valence electrons. The molecule has 0 saturated heterocycles. The topological polar surface area (TPSA) is 104 Å². The Kier molecular flexibility index (Phi) is 5.98. The Hall–Kier alpha value is -2.08. The predicted molar refractivity (Wildman–Crippen MR) is 92.3 cm³/mol. The summed E-state index contributed by atoms with van der Waals surface area (Å²) in [7, 11) is 0. The van der Waals surface area contributed by atoms with Gasteiger partial charge >= 0.3 is 5.69 Å². The number of aromatic nitrogens is 2. The van der Waals surface area contributed by atoms with Gasteiger partial charge in [-0.1, -0.05) is 19.9 Å².